The third kappa shape index (κ3) is 12.1. The molecule has 20 unspecified atom stereocenters. The van der Waals surface area contributed by atoms with Gasteiger partial charge < -0.3 is 61.0 Å². The predicted octanol–water partition coefficient (Wildman–Crippen LogP) is 9.86. The van der Waals surface area contributed by atoms with E-state index in [0.29, 0.717) is 101 Å². The quantitative estimate of drug-likeness (QED) is 0.0466. The molecule has 2 aromatic rings. The lowest BCUT2D eigenvalue weighted by Gasteiger charge is -2.58. The first-order chi connectivity index (χ1) is 46.5. The van der Waals surface area contributed by atoms with E-state index in [0.717, 1.165) is 101 Å². The molecule has 18 heteroatoms. The average Bonchev–Trinajstić information content (AvgIpc) is 0.827. The first kappa shape index (κ1) is 67.0. The maximum absolute atomic E-state index is 16.1. The molecular weight excluding hydrogens is 1250 g/mol. The Morgan fingerprint density at radius 1 is 0.885 bits per heavy atom. The van der Waals surface area contributed by atoms with Crippen LogP contribution >= 0.6 is 21.6 Å². The van der Waals surface area contributed by atoms with E-state index in [2.05, 4.69) is 105 Å². The van der Waals surface area contributed by atoms with Crippen molar-refractivity contribution < 1.29 is 54.1 Å². The fourth-order valence-corrected chi connectivity index (χ4v) is 25.4. The van der Waals surface area contributed by atoms with Crippen LogP contribution in [-0.4, -0.2) is 160 Å². The second-order valence-electron chi connectivity index (χ2n) is 32.3. The predicted molar refractivity (Wildman–Crippen MR) is 373 cm³/mol. The molecule has 14 aliphatic rings. The normalized spacial score (nSPS) is 41.3. The number of benzene rings is 2. The van der Waals surface area contributed by atoms with Crippen LogP contribution in [0.15, 0.2) is 85.0 Å². The Balaban J connectivity index is 0.830. The molecule has 2 aromatic carbocycles. The summed E-state index contributed by atoms with van der Waals surface area (Å²) >= 11 is 0. The molecule has 6 aliphatic heterocycles. The van der Waals surface area contributed by atoms with Gasteiger partial charge in [0.05, 0.1) is 23.6 Å². The summed E-state index contributed by atoms with van der Waals surface area (Å²) in [7, 11) is 3.32. The van der Waals surface area contributed by atoms with Gasteiger partial charge in [0.1, 0.15) is 23.5 Å². The van der Waals surface area contributed by atoms with Crippen LogP contribution in [0.25, 0.3) is 0 Å². The Morgan fingerprint density at radius 2 is 1.68 bits per heavy atom. The van der Waals surface area contributed by atoms with Crippen LogP contribution in [0.3, 0.4) is 0 Å². The lowest BCUT2D eigenvalue weighted by molar-refractivity contribution is -0.183. The number of carbonyl (C=O) groups excluding carboxylic acids is 3. The molecule has 6 fully saturated rings. The summed E-state index contributed by atoms with van der Waals surface area (Å²) in [5, 5.41) is 75.0. The molecule has 96 heavy (non-hydrogen) atoms. The molecule has 518 valence electrons. The van der Waals surface area contributed by atoms with Crippen LogP contribution in [-0.2, 0) is 23.9 Å². The zero-order valence-electron chi connectivity index (χ0n) is 56.3. The molecule has 2 spiro atoms. The van der Waals surface area contributed by atoms with E-state index in [-0.39, 0.29) is 94.0 Å². The fraction of sp³-hybridized carbons (Fsp3) is 0.679. The summed E-state index contributed by atoms with van der Waals surface area (Å²) in [5.74, 6) is 6.09. The number of amides is 1. The van der Waals surface area contributed by atoms with Crippen LogP contribution < -0.4 is 26.0 Å². The second kappa shape index (κ2) is 26.9. The number of carbonyl (C=O) groups is 3. The summed E-state index contributed by atoms with van der Waals surface area (Å²) < 4.78 is 21.2. The van der Waals surface area contributed by atoms with Gasteiger partial charge in [-0.25, -0.2) is 4.79 Å². The van der Waals surface area contributed by atoms with Gasteiger partial charge in [0.2, 0.25) is 5.91 Å². The number of aromatic hydroxyl groups is 2. The van der Waals surface area contributed by atoms with E-state index < -0.39 is 70.1 Å². The van der Waals surface area contributed by atoms with E-state index in [1.165, 1.54) is 6.92 Å². The number of fused-ring (bicyclic) bond motifs is 10. The molecule has 20 atom stereocenters. The molecule has 4 saturated heterocycles. The van der Waals surface area contributed by atoms with Gasteiger partial charge in [-0.05, 0) is 144 Å². The molecule has 0 aromatic heterocycles. The Hall–Kier alpha value is -4.81. The zero-order valence-corrected chi connectivity index (χ0v) is 57.9. The number of aliphatic hydroxyl groups excluding tert-OH is 2. The standard InChI is InChI=1S/C78H103N5O11S2/c1-48(85)93-63-41-65(94-72(90)78-28-4-3-11-53(78)16-22-66(88)82-78)77(31-33-79-34-32-77)68-50(39-57-60(75(46-84)25-5-6-26-75)43-92-71-62(87)20-19-55(68)67(57)71)9-7-10-52-42-73(2,91)47-95-96-64-21-15-51(40-56(52)63)70(89)69(64)81-45-76-30-24-59-61(83-37-35-80-36-38-83)12-8-27-74(59,44-76)29-23-58(76)49-13-17-54(86)18-14-49/h8,12-15,17-21,23-24,29-30,50-53,56-61,63-65,68-70,79-81,84,86-87,89,91H,3-6,10-11,16,22,25-28,31-47H2,1-2H3,(H,82,88). The van der Waals surface area contributed by atoms with Crippen molar-refractivity contribution in [3.63, 3.8) is 0 Å². The molecule has 16 nitrogen and oxygen atoms in total. The number of nitrogens with one attached hydrogen (secondary N) is 4. The number of hydrogen-bond acceptors (Lipinski definition) is 17. The van der Waals surface area contributed by atoms with Crippen LogP contribution in [0.1, 0.15) is 170 Å². The van der Waals surface area contributed by atoms with Gasteiger partial charge in [0.15, 0.2) is 11.5 Å². The molecule has 9 N–H and O–H groups in total. The Labute approximate surface area is 575 Å². The number of esters is 2. The van der Waals surface area contributed by atoms with Crippen LogP contribution in [0, 0.1) is 74.9 Å². The summed E-state index contributed by atoms with van der Waals surface area (Å²) in [6.07, 6.45) is 29.2. The van der Waals surface area contributed by atoms with Gasteiger partial charge in [-0.1, -0.05) is 120 Å². The SMILES string of the molecule is CC(=O)OC1CC(OC(=O)C23CCCCC2CCC(=O)N3)C2(CCNCC2)C2c3ccc(O)c4c3C(CC2C#CCC2CC(C)(O)CSSC3C=CC(CC21)C(O)C3NCC12C=CC3C(N5CCNCC5)C=CCC3(C=CC1c1ccc(O)cc1)C2)C(C1(CO)CCCC1)CO4. The molecule has 2 saturated carbocycles. The minimum Gasteiger partial charge on any atom is -0.508 e. The van der Waals surface area contributed by atoms with Crippen molar-refractivity contribution in [2.75, 3.05) is 64.8 Å². The van der Waals surface area contributed by atoms with Crippen molar-refractivity contribution in [1.29, 1.82) is 0 Å². The Bertz CT molecular complexity index is 3420. The maximum Gasteiger partial charge on any atom is 0.332 e. The van der Waals surface area contributed by atoms with E-state index in [4.69, 9.17) is 14.2 Å². The van der Waals surface area contributed by atoms with Crippen molar-refractivity contribution in [2.24, 2.45) is 63.1 Å². The van der Waals surface area contributed by atoms with Gasteiger partial charge in [0, 0.05) is 152 Å². The number of piperazine rings is 1. The summed E-state index contributed by atoms with van der Waals surface area (Å²) in [4.78, 5) is 46.8. The number of phenols is 2. The van der Waals surface area contributed by atoms with E-state index in [1.807, 2.05) is 6.92 Å². The maximum atomic E-state index is 16.1. The van der Waals surface area contributed by atoms with Crippen molar-refractivity contribution in [3.05, 3.63) is 102 Å². The van der Waals surface area contributed by atoms with Gasteiger partial charge in [-0.15, -0.1) is 5.92 Å². The third-order valence-electron chi connectivity index (χ3n) is 26.9. The summed E-state index contributed by atoms with van der Waals surface area (Å²) in [6.45, 7) is 9.54. The number of rotatable bonds is 10. The van der Waals surface area contributed by atoms with Crippen molar-refractivity contribution in [1.82, 2.24) is 26.2 Å². The van der Waals surface area contributed by atoms with E-state index in [9.17, 15) is 35.1 Å². The minimum absolute atomic E-state index is 0.0178. The zero-order chi connectivity index (χ0) is 66.2. The van der Waals surface area contributed by atoms with E-state index in [1.54, 1.807) is 39.8 Å². The molecule has 6 heterocycles. The lowest BCUT2D eigenvalue weighted by atomic mass is 9.49. The second-order valence-corrected chi connectivity index (χ2v) is 34.8. The number of hydrogen-bond donors (Lipinski definition) is 9. The van der Waals surface area contributed by atoms with Crippen LogP contribution in [0.2, 0.25) is 0 Å². The largest absolute Gasteiger partial charge is 0.508 e. The summed E-state index contributed by atoms with van der Waals surface area (Å²) in [5.41, 5.74) is -1.05. The molecule has 8 aliphatic carbocycles. The highest BCUT2D eigenvalue weighted by molar-refractivity contribution is 8.77. The number of nitrogens with zero attached hydrogens (tertiary/aromatic N) is 1. The van der Waals surface area contributed by atoms with Gasteiger partial charge >= 0.3 is 11.9 Å². The number of ether oxygens (including phenoxy) is 3. The number of allylic oxidation sites excluding steroid dienone is 3. The van der Waals surface area contributed by atoms with Crippen LogP contribution in [0.4, 0.5) is 0 Å². The first-order valence-electron chi connectivity index (χ1n) is 36.8. The molecular formula is C78H103N5O11S2. The number of aliphatic hydroxyl groups is 3. The summed E-state index contributed by atoms with van der Waals surface area (Å²) in [6, 6.07) is 11.4. The van der Waals surface area contributed by atoms with Gasteiger partial charge in [-0.3, -0.25) is 14.5 Å². The van der Waals surface area contributed by atoms with E-state index >= 15 is 4.79 Å². The highest BCUT2D eigenvalue weighted by Crippen LogP contribution is 2.66. The highest BCUT2D eigenvalue weighted by Gasteiger charge is 2.62. The van der Waals surface area contributed by atoms with Crippen molar-refractivity contribution >= 4 is 39.4 Å². The fourth-order valence-electron chi connectivity index (χ4n) is 22.2. The number of piperidine rings is 2. The third-order valence-corrected chi connectivity index (χ3v) is 29.8. The Morgan fingerprint density at radius 3 is 2.47 bits per heavy atom. The van der Waals surface area contributed by atoms with Crippen LogP contribution in [0.5, 0.6) is 17.2 Å². The molecule has 1 amide bonds. The monoisotopic (exact) mass is 1350 g/mol. The molecule has 0 radical (unpaired) electrons. The smallest absolute Gasteiger partial charge is 0.332 e. The average molecular weight is 1350 g/mol. The molecule has 16 rings (SSSR count). The lowest BCUT2D eigenvalue weighted by Crippen LogP contribution is -2.65. The minimum atomic E-state index is -1.23. The number of phenolic OH excluding ortho intramolecular Hbond substituents is 2. The van der Waals surface area contributed by atoms with Gasteiger partial charge in [-0.2, -0.15) is 0 Å². The highest BCUT2D eigenvalue weighted by atomic mass is 33.1. The molecule has 4 bridgehead atoms. The van der Waals surface area contributed by atoms with Crippen molar-refractivity contribution in [2.45, 2.75) is 200 Å². The van der Waals surface area contributed by atoms with Crippen molar-refractivity contribution in [3.8, 4) is 29.1 Å². The Kier molecular flexibility index (Phi) is 18.8. The first-order valence-corrected chi connectivity index (χ1v) is 39.2. The topological polar surface area (TPSA) is 231 Å². The van der Waals surface area contributed by atoms with Gasteiger partial charge in [0.25, 0.3) is 0 Å².